The van der Waals surface area contributed by atoms with E-state index in [0.717, 1.165) is 28.2 Å². The Kier molecular flexibility index (Phi) is 5.14. The van der Waals surface area contributed by atoms with Crippen LogP contribution >= 0.6 is 0 Å². The largest absolute Gasteiger partial charge is 0.463 e. The normalized spacial score (nSPS) is 15.1. The average molecular weight is 454 g/mol. The number of aromatic nitrogens is 2. The summed E-state index contributed by atoms with van der Waals surface area (Å²) in [4.78, 5) is 9.66. The maximum Gasteiger partial charge on any atom is 0.154 e. The first kappa shape index (κ1) is 21.2. The molecule has 164 valence electrons. The molecule has 33 heavy (non-hydrogen) atoms. The standard InChI is InChI=1S/C27H24FN3OSi/c1-18-27-26(24-10-7-14-32-24)29-17-31(27)23-12-11-19(13-15-33(2,3)4)16-21(23)25(30-18)20-8-5-6-9-22(20)28/h5-12,14,16-18H,1-4H3/t18-/m0/s1. The van der Waals surface area contributed by atoms with E-state index in [-0.39, 0.29) is 11.9 Å². The molecule has 0 amide bonds. The van der Waals surface area contributed by atoms with Crippen LogP contribution in [0.4, 0.5) is 4.39 Å². The lowest BCUT2D eigenvalue weighted by atomic mass is 9.98. The summed E-state index contributed by atoms with van der Waals surface area (Å²) in [7, 11) is -1.55. The predicted molar refractivity (Wildman–Crippen MR) is 132 cm³/mol. The van der Waals surface area contributed by atoms with Crippen molar-refractivity contribution in [3.63, 3.8) is 0 Å². The molecule has 0 radical (unpaired) electrons. The van der Waals surface area contributed by atoms with Crippen LogP contribution < -0.4 is 0 Å². The highest BCUT2D eigenvalue weighted by atomic mass is 28.3. The second-order valence-electron chi connectivity index (χ2n) is 9.19. The van der Waals surface area contributed by atoms with Gasteiger partial charge in [0.25, 0.3) is 0 Å². The van der Waals surface area contributed by atoms with Crippen molar-refractivity contribution in [1.82, 2.24) is 9.55 Å². The third-order valence-corrected chi connectivity index (χ3v) is 6.37. The first-order chi connectivity index (χ1) is 15.8. The molecular weight excluding hydrogens is 429 g/mol. The van der Waals surface area contributed by atoms with Gasteiger partial charge >= 0.3 is 0 Å². The highest BCUT2D eigenvalue weighted by Gasteiger charge is 2.28. The Hall–Kier alpha value is -3.69. The van der Waals surface area contributed by atoms with Crippen molar-refractivity contribution >= 4 is 13.8 Å². The molecule has 0 saturated carbocycles. The lowest BCUT2D eigenvalue weighted by Crippen LogP contribution is -2.16. The minimum absolute atomic E-state index is 0.272. The van der Waals surface area contributed by atoms with Gasteiger partial charge in [0.1, 0.15) is 25.9 Å². The van der Waals surface area contributed by atoms with Crippen molar-refractivity contribution < 1.29 is 8.81 Å². The van der Waals surface area contributed by atoms with Crippen molar-refractivity contribution in [2.75, 3.05) is 0 Å². The Morgan fingerprint density at radius 2 is 1.85 bits per heavy atom. The minimum Gasteiger partial charge on any atom is -0.463 e. The first-order valence-electron chi connectivity index (χ1n) is 10.9. The van der Waals surface area contributed by atoms with Crippen molar-refractivity contribution in [3.8, 4) is 28.6 Å². The van der Waals surface area contributed by atoms with E-state index in [2.05, 4.69) is 36.1 Å². The van der Waals surface area contributed by atoms with Gasteiger partial charge in [-0.05, 0) is 49.4 Å². The minimum atomic E-state index is -1.55. The van der Waals surface area contributed by atoms with E-state index >= 15 is 0 Å². The zero-order chi connectivity index (χ0) is 23.2. The molecule has 0 saturated heterocycles. The summed E-state index contributed by atoms with van der Waals surface area (Å²) in [5, 5.41) is 0. The Morgan fingerprint density at radius 1 is 1.03 bits per heavy atom. The van der Waals surface area contributed by atoms with Gasteiger partial charge in [-0.2, -0.15) is 0 Å². The van der Waals surface area contributed by atoms with Gasteiger partial charge in [-0.15, -0.1) is 5.54 Å². The quantitative estimate of drug-likeness (QED) is 0.260. The van der Waals surface area contributed by atoms with Gasteiger partial charge in [0, 0.05) is 16.7 Å². The van der Waals surface area contributed by atoms with Crippen LogP contribution in [0, 0.1) is 17.3 Å². The van der Waals surface area contributed by atoms with Crippen LogP contribution in [-0.2, 0) is 0 Å². The highest BCUT2D eigenvalue weighted by molar-refractivity contribution is 6.83. The van der Waals surface area contributed by atoms with Gasteiger partial charge in [-0.25, -0.2) is 9.37 Å². The molecule has 3 heterocycles. The van der Waals surface area contributed by atoms with E-state index in [0.29, 0.717) is 17.0 Å². The molecule has 2 aromatic heterocycles. The predicted octanol–water partition coefficient (Wildman–Crippen LogP) is 6.41. The number of hydrogen-bond donors (Lipinski definition) is 0. The monoisotopic (exact) mass is 453 g/mol. The summed E-state index contributed by atoms with van der Waals surface area (Å²) in [5.41, 5.74) is 8.75. The van der Waals surface area contributed by atoms with Gasteiger partial charge < -0.3 is 4.42 Å². The Morgan fingerprint density at radius 3 is 2.58 bits per heavy atom. The molecule has 4 aromatic rings. The van der Waals surface area contributed by atoms with Crippen LogP contribution in [0.1, 0.15) is 35.3 Å². The molecule has 0 spiro atoms. The zero-order valence-electron chi connectivity index (χ0n) is 19.1. The van der Waals surface area contributed by atoms with Crippen molar-refractivity contribution in [3.05, 3.63) is 95.4 Å². The number of nitrogens with zero attached hydrogens (tertiary/aromatic N) is 3. The Balaban J connectivity index is 1.78. The molecule has 0 unspecified atom stereocenters. The first-order valence-corrected chi connectivity index (χ1v) is 14.4. The SMILES string of the molecule is C[C@@H]1N=C(c2ccccc2F)c2cc(C#C[Si](C)(C)C)ccc2-n2cnc(-c3ccco3)c21. The molecule has 4 nitrogen and oxygen atoms in total. The number of imidazole rings is 1. The zero-order valence-corrected chi connectivity index (χ0v) is 20.1. The molecule has 1 aliphatic rings. The smallest absolute Gasteiger partial charge is 0.154 e. The second-order valence-corrected chi connectivity index (χ2v) is 13.9. The number of benzene rings is 2. The van der Waals surface area contributed by atoms with Gasteiger partial charge in [0.2, 0.25) is 0 Å². The van der Waals surface area contributed by atoms with Crippen molar-refractivity contribution in [2.45, 2.75) is 32.6 Å². The van der Waals surface area contributed by atoms with E-state index in [1.807, 2.05) is 47.9 Å². The van der Waals surface area contributed by atoms with Crippen LogP contribution in [0.2, 0.25) is 19.6 Å². The Bertz CT molecular complexity index is 1430. The Labute approximate surface area is 193 Å². The average Bonchev–Trinajstić information content (AvgIpc) is 3.44. The molecule has 2 aromatic carbocycles. The fourth-order valence-corrected chi connectivity index (χ4v) is 4.54. The van der Waals surface area contributed by atoms with E-state index in [1.54, 1.807) is 24.7 Å². The number of furan rings is 1. The molecular formula is C27H24FN3OSi. The van der Waals surface area contributed by atoms with E-state index < -0.39 is 8.07 Å². The van der Waals surface area contributed by atoms with Gasteiger partial charge in [-0.1, -0.05) is 37.7 Å². The number of hydrogen-bond acceptors (Lipinski definition) is 3. The van der Waals surface area contributed by atoms with Gasteiger partial charge in [-0.3, -0.25) is 9.56 Å². The number of aliphatic imine (C=N–C) groups is 1. The van der Waals surface area contributed by atoms with E-state index in [9.17, 15) is 4.39 Å². The summed E-state index contributed by atoms with van der Waals surface area (Å²) in [6.07, 6.45) is 3.42. The summed E-state index contributed by atoms with van der Waals surface area (Å²) < 4.78 is 22.6. The number of fused-ring (bicyclic) bond motifs is 3. The lowest BCUT2D eigenvalue weighted by Gasteiger charge is -2.13. The van der Waals surface area contributed by atoms with Crippen molar-refractivity contribution in [2.24, 2.45) is 4.99 Å². The second kappa shape index (κ2) is 8.02. The van der Waals surface area contributed by atoms with Crippen LogP contribution in [0.5, 0.6) is 0 Å². The van der Waals surface area contributed by atoms with E-state index in [1.165, 1.54) is 6.07 Å². The third kappa shape index (κ3) is 3.96. The summed E-state index contributed by atoms with van der Waals surface area (Å²) >= 11 is 0. The van der Waals surface area contributed by atoms with Crippen molar-refractivity contribution in [1.29, 1.82) is 0 Å². The van der Waals surface area contributed by atoms with Gasteiger partial charge in [0.05, 0.1) is 29.4 Å². The molecule has 1 atom stereocenters. The summed E-state index contributed by atoms with van der Waals surface area (Å²) in [6.45, 7) is 8.64. The van der Waals surface area contributed by atoms with Gasteiger partial charge in [0.15, 0.2) is 5.76 Å². The van der Waals surface area contributed by atoms with Crippen LogP contribution in [0.15, 0.2) is 76.6 Å². The summed E-state index contributed by atoms with van der Waals surface area (Å²) in [6, 6.07) is 16.3. The maximum atomic E-state index is 15.0. The molecule has 5 rings (SSSR count). The van der Waals surface area contributed by atoms with Crippen LogP contribution in [-0.4, -0.2) is 23.3 Å². The molecule has 0 bridgehead atoms. The summed E-state index contributed by atoms with van der Waals surface area (Å²) in [5.74, 6) is 3.71. The molecule has 0 aliphatic carbocycles. The number of rotatable bonds is 2. The topological polar surface area (TPSA) is 43.3 Å². The van der Waals surface area contributed by atoms with Crippen LogP contribution in [0.25, 0.3) is 17.1 Å². The number of halogens is 1. The molecule has 0 fully saturated rings. The fourth-order valence-electron chi connectivity index (χ4n) is 4.02. The third-order valence-electron chi connectivity index (χ3n) is 5.50. The molecule has 1 aliphatic heterocycles. The fraction of sp³-hybridized carbons (Fsp3) is 0.185. The van der Waals surface area contributed by atoms with Crippen LogP contribution in [0.3, 0.4) is 0 Å². The van der Waals surface area contributed by atoms with E-state index in [4.69, 9.17) is 9.41 Å². The molecule has 6 heteroatoms. The highest BCUT2D eigenvalue weighted by Crippen LogP contribution is 2.36. The maximum absolute atomic E-state index is 15.0. The lowest BCUT2D eigenvalue weighted by molar-refractivity contribution is 0.578. The molecule has 0 N–H and O–H groups in total.